The van der Waals surface area contributed by atoms with Crippen LogP contribution >= 0.6 is 0 Å². The quantitative estimate of drug-likeness (QED) is 0.805. The van der Waals surface area contributed by atoms with Crippen molar-refractivity contribution in [3.8, 4) is 0 Å². The Morgan fingerprint density at radius 2 is 2.32 bits per heavy atom. The normalized spacial score (nSPS) is 24.3. The van der Waals surface area contributed by atoms with Crippen molar-refractivity contribution in [2.24, 2.45) is 6.98 Å². The fourth-order valence-corrected chi connectivity index (χ4v) is 1.30. The minimum atomic E-state index is -2.89. The van der Waals surface area contributed by atoms with E-state index in [0.717, 1.165) is 12.3 Å². The molecule has 0 aliphatic carbocycles. The van der Waals surface area contributed by atoms with E-state index in [1.807, 2.05) is 0 Å². The predicted octanol–water partition coefficient (Wildman–Crippen LogP) is 2.09. The van der Waals surface area contributed by atoms with Gasteiger partial charge in [-0.3, -0.25) is 4.68 Å². The lowest BCUT2D eigenvalue weighted by Crippen LogP contribution is -2.20. The van der Waals surface area contributed by atoms with Crippen LogP contribution in [0.5, 0.6) is 0 Å². The number of hydrogen-bond donors (Lipinski definition) is 0. The SMILES string of the molecule is [2H]c1c([2H])c([2H])c(C([2H])(OC([2H])([2H])CN(C)C)c2ccnn2C([2H])([2H])[2H])c([2H])c1[2H]. The van der Waals surface area contributed by atoms with Gasteiger partial charge in [0, 0.05) is 23.8 Å². The van der Waals surface area contributed by atoms with Crippen LogP contribution in [0.4, 0.5) is 0 Å². The Kier molecular flexibility index (Phi) is 1.84. The van der Waals surface area contributed by atoms with Gasteiger partial charge in [-0.2, -0.15) is 5.10 Å². The Balaban J connectivity index is 2.89. The number of aryl methyl sites for hydroxylation is 1. The van der Waals surface area contributed by atoms with Crippen LogP contribution in [0.1, 0.15) is 32.4 Å². The topological polar surface area (TPSA) is 30.3 Å². The molecule has 0 saturated heterocycles. The molecular weight excluding hydrogens is 238 g/mol. The summed E-state index contributed by atoms with van der Waals surface area (Å²) in [6.45, 7) is -5.80. The van der Waals surface area contributed by atoms with E-state index in [9.17, 15) is 0 Å². The summed E-state index contributed by atoms with van der Waals surface area (Å²) in [5, 5.41) is 3.66. The first-order valence-corrected chi connectivity index (χ1v) is 5.50. The largest absolute Gasteiger partial charge is 0.366 e. The summed E-state index contributed by atoms with van der Waals surface area (Å²) < 4.78 is 93.8. The fourth-order valence-electron chi connectivity index (χ4n) is 1.30. The van der Waals surface area contributed by atoms with Crippen molar-refractivity contribution in [1.29, 1.82) is 0 Å². The molecule has 0 fully saturated rings. The van der Waals surface area contributed by atoms with Crippen LogP contribution in [0, 0.1) is 0 Å². The maximum absolute atomic E-state index is 8.93. The van der Waals surface area contributed by atoms with E-state index in [2.05, 4.69) is 5.10 Å². The highest BCUT2D eigenvalue weighted by molar-refractivity contribution is 5.25. The molecule has 1 unspecified atom stereocenters. The van der Waals surface area contributed by atoms with Crippen LogP contribution in [0.25, 0.3) is 0 Å². The Bertz CT molecular complexity index is 912. The van der Waals surface area contributed by atoms with Crippen LogP contribution in [-0.2, 0) is 11.7 Å². The number of ether oxygens (including phenoxy) is 1. The standard InChI is InChI=1S/C15H21N3O/c1-17(2)11-12-19-15(13-7-5-4-6-8-13)14-9-10-16-18(14)3/h4-10,15H,11-12H2,1-3H3/i3D3,4D,5D,6D,7D,8D,12D2,15D. The smallest absolute Gasteiger partial charge is 0.124 e. The maximum atomic E-state index is 8.93. The highest BCUT2D eigenvalue weighted by Gasteiger charge is 2.17. The van der Waals surface area contributed by atoms with Crippen molar-refractivity contribution in [3.05, 3.63) is 53.7 Å². The zero-order valence-corrected chi connectivity index (χ0v) is 10.6. The van der Waals surface area contributed by atoms with Gasteiger partial charge >= 0.3 is 0 Å². The molecule has 2 aromatic rings. The molecule has 19 heavy (non-hydrogen) atoms. The van der Waals surface area contributed by atoms with E-state index in [1.165, 1.54) is 4.90 Å². The van der Waals surface area contributed by atoms with E-state index in [4.69, 9.17) is 19.8 Å². The van der Waals surface area contributed by atoms with Crippen LogP contribution in [0.2, 0.25) is 0 Å². The molecule has 0 radical (unpaired) electrons. The lowest BCUT2D eigenvalue weighted by molar-refractivity contribution is 0.0638. The van der Waals surface area contributed by atoms with Gasteiger partial charge in [-0.15, -0.1) is 0 Å². The summed E-state index contributed by atoms with van der Waals surface area (Å²) in [6.07, 6.45) is -1.77. The fraction of sp³-hybridized carbons (Fsp3) is 0.400. The third-order valence-corrected chi connectivity index (χ3v) is 2.16. The lowest BCUT2D eigenvalue weighted by atomic mass is 10.1. The van der Waals surface area contributed by atoms with Gasteiger partial charge in [0.25, 0.3) is 0 Å². The van der Waals surface area contributed by atoms with Crippen LogP contribution in [-0.4, -0.2) is 41.9 Å². The van der Waals surface area contributed by atoms with Gasteiger partial charge in [0.15, 0.2) is 0 Å². The van der Waals surface area contributed by atoms with Gasteiger partial charge in [0.05, 0.1) is 23.2 Å². The zero-order valence-electron chi connectivity index (χ0n) is 21.6. The van der Waals surface area contributed by atoms with Crippen molar-refractivity contribution < 1.29 is 19.8 Å². The first-order valence-electron chi connectivity index (χ1n) is 11.0. The molecule has 0 bridgehead atoms. The monoisotopic (exact) mass is 270 g/mol. The number of hydrogen-bond acceptors (Lipinski definition) is 3. The van der Waals surface area contributed by atoms with E-state index in [1.54, 1.807) is 14.1 Å². The predicted molar refractivity (Wildman–Crippen MR) is 76.0 cm³/mol. The maximum Gasteiger partial charge on any atom is 0.124 e. The van der Waals surface area contributed by atoms with Crippen LogP contribution in [0.3, 0.4) is 0 Å². The molecule has 4 nitrogen and oxygen atoms in total. The number of rotatable bonds is 6. The molecule has 0 saturated carbocycles. The first kappa shape index (κ1) is 5.38. The molecule has 0 N–H and O–H groups in total. The average Bonchev–Trinajstić information content (AvgIpc) is 3.07. The van der Waals surface area contributed by atoms with Crippen molar-refractivity contribution in [2.75, 3.05) is 27.2 Å². The zero-order chi connectivity index (χ0) is 23.2. The van der Waals surface area contributed by atoms with Crippen molar-refractivity contribution in [3.63, 3.8) is 0 Å². The summed E-state index contributed by atoms with van der Waals surface area (Å²) in [4.78, 5) is 1.42. The summed E-state index contributed by atoms with van der Waals surface area (Å²) >= 11 is 0. The molecule has 0 amide bonds. The molecule has 2 rings (SSSR count). The number of benzene rings is 1. The Hall–Kier alpha value is -1.65. The van der Waals surface area contributed by atoms with Gasteiger partial charge < -0.3 is 9.64 Å². The summed E-state index contributed by atoms with van der Waals surface area (Å²) in [7, 11) is 3.09. The van der Waals surface area contributed by atoms with E-state index in [0.29, 0.717) is 4.68 Å². The van der Waals surface area contributed by atoms with Crippen molar-refractivity contribution in [1.82, 2.24) is 14.7 Å². The first-order chi connectivity index (χ1) is 13.5. The number of nitrogens with zero attached hydrogens (tertiary/aromatic N) is 3. The van der Waals surface area contributed by atoms with E-state index >= 15 is 0 Å². The van der Waals surface area contributed by atoms with Gasteiger partial charge in [0.1, 0.15) is 6.08 Å². The van der Waals surface area contributed by atoms with Gasteiger partial charge in [0.2, 0.25) is 0 Å². The molecular formula is C15H21N3O. The lowest BCUT2D eigenvalue weighted by Gasteiger charge is -2.20. The highest BCUT2D eigenvalue weighted by Crippen LogP contribution is 2.25. The second-order valence-electron chi connectivity index (χ2n) is 3.94. The Morgan fingerprint density at radius 1 is 1.53 bits per heavy atom. The number of likely N-dealkylation sites (N-methyl/N-ethyl adjacent to an activating group) is 1. The molecule has 0 spiro atoms. The van der Waals surface area contributed by atoms with Crippen LogP contribution < -0.4 is 0 Å². The molecule has 1 aromatic carbocycles. The third-order valence-electron chi connectivity index (χ3n) is 2.16. The molecule has 102 valence electrons. The van der Waals surface area contributed by atoms with Gasteiger partial charge in [-0.25, -0.2) is 0 Å². The van der Waals surface area contributed by atoms with Crippen LogP contribution in [0.15, 0.2) is 42.5 Å². The van der Waals surface area contributed by atoms with Gasteiger partial charge in [-0.1, -0.05) is 30.2 Å². The molecule has 0 aliphatic rings. The van der Waals surface area contributed by atoms with Crippen molar-refractivity contribution in [2.45, 2.75) is 6.08 Å². The second kappa shape index (κ2) is 6.50. The summed E-state index contributed by atoms with van der Waals surface area (Å²) in [5.74, 6) is 0. The van der Waals surface area contributed by atoms with Gasteiger partial charge in [-0.05, 0) is 25.7 Å². The summed E-state index contributed by atoms with van der Waals surface area (Å²) in [6, 6.07) is -2.79. The third kappa shape index (κ3) is 3.66. The van der Waals surface area contributed by atoms with Crippen molar-refractivity contribution >= 4 is 0 Å². The molecule has 1 atom stereocenters. The highest BCUT2D eigenvalue weighted by atomic mass is 16.5. The average molecular weight is 270 g/mol. The van der Waals surface area contributed by atoms with E-state index in [-0.39, 0.29) is 6.54 Å². The molecule has 4 heteroatoms. The molecule has 1 aromatic heterocycles. The Labute approximate surface area is 130 Å². The minimum Gasteiger partial charge on any atom is -0.366 e. The minimum absolute atomic E-state index is 0.353. The summed E-state index contributed by atoms with van der Waals surface area (Å²) in [5.41, 5.74) is -1.23. The number of aromatic nitrogens is 2. The van der Waals surface area contributed by atoms with E-state index < -0.39 is 61.1 Å². The Morgan fingerprint density at radius 3 is 3.00 bits per heavy atom. The second-order valence-corrected chi connectivity index (χ2v) is 3.94. The molecule has 1 heterocycles. The molecule has 0 aliphatic heterocycles.